The van der Waals surface area contributed by atoms with Gasteiger partial charge in [0, 0.05) is 20.2 Å². The fourth-order valence-corrected chi connectivity index (χ4v) is 4.55. The minimum Gasteiger partial charge on any atom is -0.485 e. The number of furan rings is 1. The molecule has 168 valence electrons. The lowest BCUT2D eigenvalue weighted by Crippen LogP contribution is -2.11. The molecular weight excluding hydrogens is 466 g/mol. The Morgan fingerprint density at radius 1 is 0.853 bits per heavy atom. The number of carbonyl (C=O) groups excluding carboxylic acids is 1. The van der Waals surface area contributed by atoms with Gasteiger partial charge in [-0.05, 0) is 60.0 Å². The summed E-state index contributed by atoms with van der Waals surface area (Å²) in [5.41, 5.74) is 0.706. The molecule has 1 heterocycles. The molecule has 4 aromatic carbocycles. The Kier molecular flexibility index (Phi) is 6.56. The quantitative estimate of drug-likeness (QED) is 0.253. The van der Waals surface area contributed by atoms with Crippen molar-refractivity contribution in [2.75, 3.05) is 5.32 Å². The minimum absolute atomic E-state index is 0.225. The molecular formula is C28H20ClNO3S. The molecule has 1 aromatic heterocycles. The Labute approximate surface area is 206 Å². The summed E-state index contributed by atoms with van der Waals surface area (Å²) >= 11 is 7.53. The van der Waals surface area contributed by atoms with E-state index in [0.717, 1.165) is 26.3 Å². The Morgan fingerprint density at radius 2 is 1.62 bits per heavy atom. The number of hydrogen-bond donors (Lipinski definition) is 1. The summed E-state index contributed by atoms with van der Waals surface area (Å²) in [6, 6.07) is 32.6. The van der Waals surface area contributed by atoms with E-state index in [1.165, 1.54) is 0 Å². The van der Waals surface area contributed by atoms with E-state index in [-0.39, 0.29) is 18.3 Å². The zero-order valence-electron chi connectivity index (χ0n) is 18.0. The SMILES string of the molecule is O=C(Nc1ccccc1Sc1ccc(Cl)cc1)c1ccc(COc2cccc3ccccc23)o1. The van der Waals surface area contributed by atoms with Gasteiger partial charge in [-0.25, -0.2) is 0 Å². The molecule has 0 aliphatic carbocycles. The minimum atomic E-state index is -0.319. The van der Waals surface area contributed by atoms with E-state index in [4.69, 9.17) is 20.8 Å². The molecule has 1 N–H and O–H groups in total. The maximum atomic E-state index is 12.9. The molecule has 0 bridgehead atoms. The first-order valence-corrected chi connectivity index (χ1v) is 11.9. The summed E-state index contributed by atoms with van der Waals surface area (Å²) in [6.07, 6.45) is 0. The number of benzene rings is 4. The molecule has 0 saturated heterocycles. The molecule has 0 atom stereocenters. The topological polar surface area (TPSA) is 51.5 Å². The van der Waals surface area contributed by atoms with Gasteiger partial charge in [0.05, 0.1) is 5.69 Å². The van der Waals surface area contributed by atoms with Crippen LogP contribution in [0.4, 0.5) is 5.69 Å². The summed E-state index contributed by atoms with van der Waals surface area (Å²) in [5, 5.41) is 5.77. The first-order valence-electron chi connectivity index (χ1n) is 10.7. The van der Waals surface area contributed by atoms with Gasteiger partial charge in [0.15, 0.2) is 5.76 Å². The van der Waals surface area contributed by atoms with Gasteiger partial charge in [0.25, 0.3) is 5.91 Å². The van der Waals surface area contributed by atoms with Crippen molar-refractivity contribution in [3.05, 3.63) is 120 Å². The zero-order valence-corrected chi connectivity index (χ0v) is 19.6. The van der Waals surface area contributed by atoms with Crippen LogP contribution in [0.2, 0.25) is 5.02 Å². The molecule has 5 aromatic rings. The van der Waals surface area contributed by atoms with Gasteiger partial charge >= 0.3 is 0 Å². The first kappa shape index (κ1) is 22.1. The van der Waals surface area contributed by atoms with Crippen LogP contribution in [0, 0.1) is 0 Å². The molecule has 6 heteroatoms. The van der Waals surface area contributed by atoms with Gasteiger partial charge in [-0.2, -0.15) is 0 Å². The summed E-state index contributed by atoms with van der Waals surface area (Å²) in [4.78, 5) is 14.8. The Bertz CT molecular complexity index is 1440. The van der Waals surface area contributed by atoms with E-state index in [2.05, 4.69) is 5.32 Å². The number of para-hydroxylation sites is 1. The fraction of sp³-hybridized carbons (Fsp3) is 0.0357. The highest BCUT2D eigenvalue weighted by Gasteiger charge is 2.14. The van der Waals surface area contributed by atoms with Crippen LogP contribution in [-0.4, -0.2) is 5.91 Å². The zero-order chi connectivity index (χ0) is 23.3. The predicted octanol–water partition coefficient (Wildman–Crippen LogP) is 8.07. The average Bonchev–Trinajstić information content (AvgIpc) is 3.35. The number of nitrogens with one attached hydrogen (secondary N) is 1. The molecule has 0 saturated carbocycles. The molecule has 0 unspecified atom stereocenters. The van der Waals surface area contributed by atoms with Crippen LogP contribution in [0.3, 0.4) is 0 Å². The van der Waals surface area contributed by atoms with Gasteiger partial charge in [-0.3, -0.25) is 4.79 Å². The second-order valence-corrected chi connectivity index (χ2v) is 9.09. The monoisotopic (exact) mass is 485 g/mol. The number of hydrogen-bond acceptors (Lipinski definition) is 4. The van der Waals surface area contributed by atoms with Crippen molar-refractivity contribution < 1.29 is 13.9 Å². The number of ether oxygens (including phenoxy) is 1. The van der Waals surface area contributed by atoms with Crippen molar-refractivity contribution in [2.45, 2.75) is 16.4 Å². The fourth-order valence-electron chi connectivity index (χ4n) is 3.52. The molecule has 4 nitrogen and oxygen atoms in total. The highest BCUT2D eigenvalue weighted by molar-refractivity contribution is 7.99. The van der Waals surface area contributed by atoms with Gasteiger partial charge < -0.3 is 14.5 Å². The summed E-state index contributed by atoms with van der Waals surface area (Å²) in [7, 11) is 0. The molecule has 0 fully saturated rings. The molecule has 34 heavy (non-hydrogen) atoms. The maximum Gasteiger partial charge on any atom is 0.291 e. The maximum absolute atomic E-state index is 12.9. The average molecular weight is 486 g/mol. The van der Waals surface area contributed by atoms with Crippen LogP contribution in [0.5, 0.6) is 5.75 Å². The van der Waals surface area contributed by atoms with Crippen LogP contribution in [-0.2, 0) is 6.61 Å². The summed E-state index contributed by atoms with van der Waals surface area (Å²) < 4.78 is 11.7. The molecule has 0 spiro atoms. The van der Waals surface area contributed by atoms with Gasteiger partial charge in [0.1, 0.15) is 18.1 Å². The van der Waals surface area contributed by atoms with Crippen molar-refractivity contribution in [1.29, 1.82) is 0 Å². The molecule has 0 radical (unpaired) electrons. The van der Waals surface area contributed by atoms with E-state index in [0.29, 0.717) is 16.5 Å². The number of fused-ring (bicyclic) bond motifs is 1. The molecule has 5 rings (SSSR count). The van der Waals surface area contributed by atoms with E-state index >= 15 is 0 Å². The van der Waals surface area contributed by atoms with E-state index in [1.807, 2.05) is 91.0 Å². The lowest BCUT2D eigenvalue weighted by molar-refractivity contribution is 0.0992. The van der Waals surface area contributed by atoms with Crippen molar-refractivity contribution in [1.82, 2.24) is 0 Å². The van der Waals surface area contributed by atoms with Crippen LogP contribution in [0.1, 0.15) is 16.3 Å². The van der Waals surface area contributed by atoms with Crippen LogP contribution < -0.4 is 10.1 Å². The van der Waals surface area contributed by atoms with Crippen molar-refractivity contribution in [3.8, 4) is 5.75 Å². The lowest BCUT2D eigenvalue weighted by atomic mass is 10.1. The van der Waals surface area contributed by atoms with E-state index in [1.54, 1.807) is 23.9 Å². The third-order valence-corrected chi connectivity index (χ3v) is 6.52. The third kappa shape index (κ3) is 5.11. The van der Waals surface area contributed by atoms with Crippen LogP contribution >= 0.6 is 23.4 Å². The Balaban J connectivity index is 1.26. The molecule has 1 amide bonds. The summed E-state index contributed by atoms with van der Waals surface area (Å²) in [5.74, 6) is 1.25. The smallest absolute Gasteiger partial charge is 0.291 e. The second kappa shape index (κ2) is 10.1. The third-order valence-electron chi connectivity index (χ3n) is 5.18. The lowest BCUT2D eigenvalue weighted by Gasteiger charge is -2.10. The highest BCUT2D eigenvalue weighted by Crippen LogP contribution is 2.34. The normalized spacial score (nSPS) is 10.9. The van der Waals surface area contributed by atoms with Crippen molar-refractivity contribution in [2.24, 2.45) is 0 Å². The van der Waals surface area contributed by atoms with Gasteiger partial charge in [0.2, 0.25) is 0 Å². The number of rotatable bonds is 7. The van der Waals surface area contributed by atoms with Gasteiger partial charge in [-0.1, -0.05) is 71.9 Å². The standard InChI is InChI=1S/C28H20ClNO3S/c29-20-12-15-22(16-13-20)34-27-11-4-3-9-24(27)30-28(31)26-17-14-21(33-26)18-32-25-10-5-7-19-6-1-2-8-23(19)25/h1-17H,18H2,(H,30,31). The van der Waals surface area contributed by atoms with Crippen LogP contribution in [0.15, 0.2) is 117 Å². The Morgan fingerprint density at radius 3 is 2.50 bits per heavy atom. The second-order valence-electron chi connectivity index (χ2n) is 7.54. The molecule has 0 aliphatic rings. The number of halogens is 1. The van der Waals surface area contributed by atoms with Crippen molar-refractivity contribution >= 4 is 45.7 Å². The van der Waals surface area contributed by atoms with E-state index < -0.39 is 0 Å². The number of carbonyl (C=O) groups is 1. The Hall–Kier alpha value is -3.67. The first-order chi connectivity index (χ1) is 16.7. The summed E-state index contributed by atoms with van der Waals surface area (Å²) in [6.45, 7) is 0.226. The predicted molar refractivity (Wildman–Crippen MR) is 137 cm³/mol. The number of anilines is 1. The van der Waals surface area contributed by atoms with Crippen LogP contribution in [0.25, 0.3) is 10.8 Å². The van der Waals surface area contributed by atoms with E-state index in [9.17, 15) is 4.79 Å². The largest absolute Gasteiger partial charge is 0.485 e. The van der Waals surface area contributed by atoms with Gasteiger partial charge in [-0.15, -0.1) is 0 Å². The highest BCUT2D eigenvalue weighted by atomic mass is 35.5. The van der Waals surface area contributed by atoms with Crippen molar-refractivity contribution in [3.63, 3.8) is 0 Å². The number of amides is 1. The molecule has 0 aliphatic heterocycles.